The maximum Gasteiger partial charge on any atom is 0.231 e. The summed E-state index contributed by atoms with van der Waals surface area (Å²) in [7, 11) is 0. The number of nitrogens with one attached hydrogen (secondary N) is 1. The molecule has 2 aliphatic rings. The fourth-order valence-corrected chi connectivity index (χ4v) is 3.53. The van der Waals surface area contributed by atoms with E-state index in [1.807, 2.05) is 0 Å². The number of carbonyl (C=O) groups excluding carboxylic acids is 1. The molecule has 3 nitrogen and oxygen atoms in total. The van der Waals surface area contributed by atoms with Gasteiger partial charge in [-0.25, -0.2) is 0 Å². The Bertz CT molecular complexity index is 487. The van der Waals surface area contributed by atoms with Gasteiger partial charge in [0.2, 0.25) is 5.91 Å². The zero-order valence-corrected chi connectivity index (χ0v) is 11.8. The zero-order valence-electron chi connectivity index (χ0n) is 11.8. The van der Waals surface area contributed by atoms with Crippen molar-refractivity contribution in [1.82, 2.24) is 10.2 Å². The van der Waals surface area contributed by atoms with Crippen molar-refractivity contribution in [2.45, 2.75) is 44.7 Å². The summed E-state index contributed by atoms with van der Waals surface area (Å²) in [5.41, 5.74) is 2.28. The molecule has 0 saturated carbocycles. The molecule has 1 saturated heterocycles. The molecule has 1 aromatic carbocycles. The lowest BCUT2D eigenvalue weighted by molar-refractivity contribution is -0.129. The second-order valence-corrected chi connectivity index (χ2v) is 6.05. The van der Waals surface area contributed by atoms with E-state index in [-0.39, 0.29) is 11.3 Å². The topological polar surface area (TPSA) is 32.3 Å². The third-order valence-corrected chi connectivity index (χ3v) is 4.79. The molecule has 2 heterocycles. The van der Waals surface area contributed by atoms with Gasteiger partial charge in [-0.2, -0.15) is 0 Å². The smallest absolute Gasteiger partial charge is 0.231 e. The largest absolute Gasteiger partial charge is 0.351 e. The molecule has 0 unspecified atom stereocenters. The summed E-state index contributed by atoms with van der Waals surface area (Å²) in [5, 5.41) is 3.09. The number of likely N-dealkylation sites (tertiary alicyclic amines) is 1. The first kappa shape index (κ1) is 12.7. The van der Waals surface area contributed by atoms with Crippen LogP contribution in [0.15, 0.2) is 24.3 Å². The Hall–Kier alpha value is -1.35. The van der Waals surface area contributed by atoms with Gasteiger partial charge >= 0.3 is 0 Å². The van der Waals surface area contributed by atoms with Gasteiger partial charge in [-0.15, -0.1) is 0 Å². The van der Waals surface area contributed by atoms with Gasteiger partial charge in [-0.1, -0.05) is 24.3 Å². The van der Waals surface area contributed by atoms with Crippen molar-refractivity contribution in [2.24, 2.45) is 0 Å². The third-order valence-electron chi connectivity index (χ3n) is 4.79. The van der Waals surface area contributed by atoms with Gasteiger partial charge in [0, 0.05) is 12.6 Å². The van der Waals surface area contributed by atoms with E-state index in [2.05, 4.69) is 48.3 Å². The monoisotopic (exact) mass is 258 g/mol. The first-order chi connectivity index (χ1) is 9.13. The molecule has 3 heteroatoms. The van der Waals surface area contributed by atoms with Crippen LogP contribution >= 0.6 is 0 Å². The van der Waals surface area contributed by atoms with Gasteiger partial charge in [-0.3, -0.25) is 4.79 Å². The maximum atomic E-state index is 12.5. The number of carbonyl (C=O) groups is 1. The van der Waals surface area contributed by atoms with Crippen molar-refractivity contribution in [2.75, 3.05) is 13.1 Å². The third kappa shape index (κ3) is 1.96. The number of hydrogen-bond donors (Lipinski definition) is 1. The molecule has 1 fully saturated rings. The lowest BCUT2D eigenvalue weighted by Gasteiger charge is -2.45. The number of amides is 1. The minimum Gasteiger partial charge on any atom is -0.351 e. The molecular weight excluding hydrogens is 236 g/mol. The minimum atomic E-state index is -0.278. The summed E-state index contributed by atoms with van der Waals surface area (Å²) < 4.78 is 0. The number of nitrogens with zero attached hydrogens (tertiary/aromatic N) is 1. The van der Waals surface area contributed by atoms with E-state index in [9.17, 15) is 4.79 Å². The average Bonchev–Trinajstić information content (AvgIpc) is 2.44. The summed E-state index contributed by atoms with van der Waals surface area (Å²) >= 11 is 0. The predicted octanol–water partition coefficient (Wildman–Crippen LogP) is 2.06. The molecule has 0 bridgehead atoms. The van der Waals surface area contributed by atoms with Crippen LogP contribution in [0.5, 0.6) is 0 Å². The van der Waals surface area contributed by atoms with E-state index < -0.39 is 0 Å². The second kappa shape index (κ2) is 4.64. The lowest BCUT2D eigenvalue weighted by Crippen LogP contribution is -2.55. The van der Waals surface area contributed by atoms with E-state index in [0.29, 0.717) is 12.6 Å². The Labute approximate surface area is 115 Å². The van der Waals surface area contributed by atoms with Crippen LogP contribution in [0.3, 0.4) is 0 Å². The van der Waals surface area contributed by atoms with Crippen molar-refractivity contribution in [3.8, 4) is 0 Å². The number of rotatable bonds is 1. The van der Waals surface area contributed by atoms with Crippen LogP contribution < -0.4 is 5.32 Å². The maximum absolute atomic E-state index is 12.5. The van der Waals surface area contributed by atoms with E-state index in [4.69, 9.17) is 0 Å². The van der Waals surface area contributed by atoms with Crippen molar-refractivity contribution in [1.29, 1.82) is 0 Å². The summed E-state index contributed by atoms with van der Waals surface area (Å²) in [6, 6.07) is 8.99. The molecule has 1 spiro atoms. The zero-order chi connectivity index (χ0) is 13.5. The number of piperidine rings is 1. The number of benzene rings is 1. The highest BCUT2D eigenvalue weighted by Gasteiger charge is 2.46. The molecule has 3 rings (SSSR count). The standard InChI is InChI=1S/C16H22N2O/c1-12(2)18-9-7-16(8-10-18)14-6-4-3-5-13(14)11-17-15(16)19/h3-6,12H,7-11H2,1-2H3,(H,17,19). The van der Waals surface area contributed by atoms with Crippen LogP contribution in [0.1, 0.15) is 37.8 Å². The highest BCUT2D eigenvalue weighted by atomic mass is 16.2. The van der Waals surface area contributed by atoms with Crippen molar-refractivity contribution >= 4 is 5.91 Å². The van der Waals surface area contributed by atoms with Gasteiger partial charge < -0.3 is 10.2 Å². The molecule has 0 atom stereocenters. The Morgan fingerprint density at radius 3 is 2.58 bits per heavy atom. The number of fused-ring (bicyclic) bond motifs is 2. The van der Waals surface area contributed by atoms with E-state index >= 15 is 0 Å². The van der Waals surface area contributed by atoms with Gasteiger partial charge in [0.25, 0.3) is 0 Å². The molecule has 1 N–H and O–H groups in total. The highest BCUT2D eigenvalue weighted by Crippen LogP contribution is 2.40. The fraction of sp³-hybridized carbons (Fsp3) is 0.562. The summed E-state index contributed by atoms with van der Waals surface area (Å²) in [6.07, 6.45) is 1.88. The van der Waals surface area contributed by atoms with Gasteiger partial charge in [0.1, 0.15) is 0 Å². The van der Waals surface area contributed by atoms with Crippen LogP contribution in [0, 0.1) is 0 Å². The SMILES string of the molecule is CC(C)N1CCC2(CC1)C(=O)NCc1ccccc12. The van der Waals surface area contributed by atoms with Crippen molar-refractivity contribution in [3.05, 3.63) is 35.4 Å². The van der Waals surface area contributed by atoms with Gasteiger partial charge in [-0.05, 0) is 50.9 Å². The van der Waals surface area contributed by atoms with Crippen molar-refractivity contribution < 1.29 is 4.79 Å². The van der Waals surface area contributed by atoms with Crippen LogP contribution in [0.4, 0.5) is 0 Å². The van der Waals surface area contributed by atoms with Gasteiger partial charge in [0.15, 0.2) is 0 Å². The minimum absolute atomic E-state index is 0.231. The quantitative estimate of drug-likeness (QED) is 0.836. The first-order valence-electron chi connectivity index (χ1n) is 7.24. The highest BCUT2D eigenvalue weighted by molar-refractivity contribution is 5.90. The number of hydrogen-bond acceptors (Lipinski definition) is 2. The van der Waals surface area contributed by atoms with Crippen LogP contribution in [0.25, 0.3) is 0 Å². The molecule has 2 aliphatic heterocycles. The van der Waals surface area contributed by atoms with E-state index in [1.54, 1.807) is 0 Å². The Morgan fingerprint density at radius 1 is 1.21 bits per heavy atom. The van der Waals surface area contributed by atoms with Crippen LogP contribution in [-0.2, 0) is 16.8 Å². The molecule has 1 amide bonds. The second-order valence-electron chi connectivity index (χ2n) is 6.05. The summed E-state index contributed by atoms with van der Waals surface area (Å²) in [4.78, 5) is 14.9. The van der Waals surface area contributed by atoms with Crippen LogP contribution in [0.2, 0.25) is 0 Å². The molecule has 0 aromatic heterocycles. The molecule has 19 heavy (non-hydrogen) atoms. The van der Waals surface area contributed by atoms with Crippen molar-refractivity contribution in [3.63, 3.8) is 0 Å². The van der Waals surface area contributed by atoms with E-state index in [0.717, 1.165) is 25.9 Å². The molecule has 1 aromatic rings. The summed E-state index contributed by atoms with van der Waals surface area (Å²) in [6.45, 7) is 7.17. The normalized spacial score (nSPS) is 22.4. The lowest BCUT2D eigenvalue weighted by atomic mass is 9.68. The molecule has 0 aliphatic carbocycles. The van der Waals surface area contributed by atoms with E-state index in [1.165, 1.54) is 11.1 Å². The Balaban J connectivity index is 1.94. The average molecular weight is 258 g/mol. The molecule has 102 valence electrons. The Kier molecular flexibility index (Phi) is 3.09. The summed E-state index contributed by atoms with van der Waals surface area (Å²) in [5.74, 6) is 0.231. The molecule has 0 radical (unpaired) electrons. The fourth-order valence-electron chi connectivity index (χ4n) is 3.53. The van der Waals surface area contributed by atoms with Crippen LogP contribution in [-0.4, -0.2) is 29.9 Å². The predicted molar refractivity (Wildman–Crippen MR) is 75.9 cm³/mol. The first-order valence-corrected chi connectivity index (χ1v) is 7.24. The van der Waals surface area contributed by atoms with Gasteiger partial charge in [0.05, 0.1) is 5.41 Å². The Morgan fingerprint density at radius 2 is 1.89 bits per heavy atom. The molecular formula is C16H22N2O.